The maximum Gasteiger partial charge on any atom is 0.573 e. The Labute approximate surface area is 114 Å². The first-order valence-electron chi connectivity index (χ1n) is 4.71. The second-order valence-corrected chi connectivity index (χ2v) is 4.66. The number of hydrogen-bond acceptors (Lipinski definition) is 3. The van der Waals surface area contributed by atoms with Crippen molar-refractivity contribution >= 4 is 27.5 Å². The first-order chi connectivity index (χ1) is 8.23. The molecular formula is C10H9BrClF3O3. The third kappa shape index (κ3) is 4.64. The van der Waals surface area contributed by atoms with Crippen molar-refractivity contribution in [2.24, 2.45) is 0 Å². The van der Waals surface area contributed by atoms with Crippen molar-refractivity contribution in [2.75, 3.05) is 5.88 Å². The van der Waals surface area contributed by atoms with Gasteiger partial charge in [0.25, 0.3) is 0 Å². The van der Waals surface area contributed by atoms with E-state index >= 15 is 0 Å². The number of aliphatic hydroxyl groups is 2. The van der Waals surface area contributed by atoms with Gasteiger partial charge in [-0.3, -0.25) is 0 Å². The van der Waals surface area contributed by atoms with E-state index < -0.39 is 24.3 Å². The molecule has 0 heterocycles. The summed E-state index contributed by atoms with van der Waals surface area (Å²) in [6.07, 6.45) is -7.50. The van der Waals surface area contributed by atoms with E-state index in [1.54, 1.807) is 0 Å². The normalized spacial score (nSPS) is 15.3. The Kier molecular flexibility index (Phi) is 5.27. The van der Waals surface area contributed by atoms with E-state index in [2.05, 4.69) is 20.7 Å². The van der Waals surface area contributed by atoms with Gasteiger partial charge in [-0.25, -0.2) is 0 Å². The molecule has 2 atom stereocenters. The Morgan fingerprint density at radius 1 is 1.28 bits per heavy atom. The standard InChI is InChI=1S/C10H9BrClF3O3/c11-6-1-5(9(17)8(16)4-12)2-7(3-6)18-10(13,14)15/h1-3,8-9,16-17H,4H2. The minimum atomic E-state index is -4.83. The lowest BCUT2D eigenvalue weighted by molar-refractivity contribution is -0.274. The molecule has 1 rings (SSSR count). The van der Waals surface area contributed by atoms with Crippen LogP contribution in [-0.4, -0.2) is 28.6 Å². The first kappa shape index (κ1) is 15.6. The molecule has 1 aromatic rings. The van der Waals surface area contributed by atoms with Gasteiger partial charge in [0, 0.05) is 4.47 Å². The molecule has 0 aliphatic heterocycles. The van der Waals surface area contributed by atoms with Crippen LogP contribution in [0.25, 0.3) is 0 Å². The molecule has 0 amide bonds. The Bertz CT molecular complexity index is 414. The fourth-order valence-electron chi connectivity index (χ4n) is 1.25. The quantitative estimate of drug-likeness (QED) is 0.822. The van der Waals surface area contributed by atoms with Crippen LogP contribution < -0.4 is 4.74 Å². The highest BCUT2D eigenvalue weighted by Crippen LogP contribution is 2.30. The van der Waals surface area contributed by atoms with Gasteiger partial charge in [0.2, 0.25) is 0 Å². The molecular weight excluding hydrogens is 340 g/mol. The summed E-state index contributed by atoms with van der Waals surface area (Å²) in [5.74, 6) is -0.740. The summed E-state index contributed by atoms with van der Waals surface area (Å²) >= 11 is 8.34. The lowest BCUT2D eigenvalue weighted by atomic mass is 10.1. The van der Waals surface area contributed by atoms with E-state index in [1.807, 2.05) is 0 Å². The molecule has 2 N–H and O–H groups in total. The number of rotatable bonds is 4. The molecule has 8 heteroatoms. The van der Waals surface area contributed by atoms with Crippen LogP contribution in [0.15, 0.2) is 22.7 Å². The number of halogens is 5. The van der Waals surface area contributed by atoms with E-state index in [0.29, 0.717) is 0 Å². The molecule has 1 aromatic carbocycles. The Balaban J connectivity index is 3.01. The van der Waals surface area contributed by atoms with Gasteiger partial charge in [0.1, 0.15) is 11.9 Å². The Hall–Kier alpha value is -0.500. The average molecular weight is 350 g/mol. The number of alkyl halides is 4. The molecule has 3 nitrogen and oxygen atoms in total. The smallest absolute Gasteiger partial charge is 0.406 e. The summed E-state index contributed by atoms with van der Waals surface area (Å²) in [5, 5.41) is 19.0. The van der Waals surface area contributed by atoms with E-state index in [-0.39, 0.29) is 15.9 Å². The third-order valence-electron chi connectivity index (χ3n) is 1.99. The zero-order chi connectivity index (χ0) is 13.9. The first-order valence-corrected chi connectivity index (χ1v) is 6.04. The number of hydrogen-bond donors (Lipinski definition) is 2. The third-order valence-corrected chi connectivity index (χ3v) is 2.77. The highest BCUT2D eigenvalue weighted by molar-refractivity contribution is 9.10. The summed E-state index contributed by atoms with van der Waals surface area (Å²) in [6, 6.07) is 3.44. The van der Waals surface area contributed by atoms with Gasteiger partial charge in [0.15, 0.2) is 0 Å². The highest BCUT2D eigenvalue weighted by Gasteiger charge is 2.31. The predicted octanol–water partition coefficient (Wildman–Crippen LogP) is 2.98. The minimum Gasteiger partial charge on any atom is -0.406 e. The van der Waals surface area contributed by atoms with Crippen molar-refractivity contribution in [3.63, 3.8) is 0 Å². The van der Waals surface area contributed by atoms with Gasteiger partial charge in [-0.15, -0.1) is 24.8 Å². The van der Waals surface area contributed by atoms with E-state index in [9.17, 15) is 23.4 Å². The topological polar surface area (TPSA) is 49.7 Å². The van der Waals surface area contributed by atoms with Gasteiger partial charge >= 0.3 is 6.36 Å². The van der Waals surface area contributed by atoms with Gasteiger partial charge in [-0.2, -0.15) is 0 Å². The van der Waals surface area contributed by atoms with E-state index in [0.717, 1.165) is 12.1 Å². The SMILES string of the molecule is OC(CCl)C(O)c1cc(Br)cc(OC(F)(F)F)c1. The lowest BCUT2D eigenvalue weighted by Gasteiger charge is -2.17. The van der Waals surface area contributed by atoms with Crippen LogP contribution in [0.3, 0.4) is 0 Å². The van der Waals surface area contributed by atoms with Crippen molar-refractivity contribution in [1.29, 1.82) is 0 Å². The van der Waals surface area contributed by atoms with Crippen molar-refractivity contribution < 1.29 is 28.1 Å². The Morgan fingerprint density at radius 2 is 1.89 bits per heavy atom. The summed E-state index contributed by atoms with van der Waals surface area (Å²) < 4.78 is 40.2. The second-order valence-electron chi connectivity index (χ2n) is 3.43. The molecule has 0 aromatic heterocycles. The molecule has 0 fully saturated rings. The Morgan fingerprint density at radius 3 is 2.39 bits per heavy atom. The number of benzene rings is 1. The minimum absolute atomic E-state index is 0.0665. The molecule has 0 aliphatic carbocycles. The highest BCUT2D eigenvalue weighted by atomic mass is 79.9. The van der Waals surface area contributed by atoms with E-state index in [4.69, 9.17) is 11.6 Å². The van der Waals surface area contributed by atoms with Gasteiger partial charge in [-0.05, 0) is 23.8 Å². The van der Waals surface area contributed by atoms with Crippen molar-refractivity contribution in [1.82, 2.24) is 0 Å². The van der Waals surface area contributed by atoms with Gasteiger partial charge in [-0.1, -0.05) is 15.9 Å². The number of ether oxygens (including phenoxy) is 1. The van der Waals surface area contributed by atoms with Crippen LogP contribution in [0.1, 0.15) is 11.7 Å². The largest absolute Gasteiger partial charge is 0.573 e. The van der Waals surface area contributed by atoms with Crippen molar-refractivity contribution in [3.8, 4) is 5.75 Å². The zero-order valence-electron chi connectivity index (χ0n) is 8.79. The van der Waals surface area contributed by atoms with Crippen LogP contribution >= 0.6 is 27.5 Å². The van der Waals surface area contributed by atoms with Crippen LogP contribution in [0.5, 0.6) is 5.75 Å². The molecule has 102 valence electrons. The molecule has 0 bridgehead atoms. The molecule has 0 radical (unpaired) electrons. The maximum absolute atomic E-state index is 12.1. The van der Waals surface area contributed by atoms with Crippen LogP contribution in [0.2, 0.25) is 0 Å². The lowest BCUT2D eigenvalue weighted by Crippen LogP contribution is -2.20. The molecule has 0 saturated heterocycles. The maximum atomic E-state index is 12.1. The summed E-state index contributed by atoms with van der Waals surface area (Å²) in [7, 11) is 0. The summed E-state index contributed by atoms with van der Waals surface area (Å²) in [6.45, 7) is 0. The predicted molar refractivity (Wildman–Crippen MR) is 62.5 cm³/mol. The van der Waals surface area contributed by atoms with E-state index in [1.165, 1.54) is 6.07 Å². The average Bonchev–Trinajstić information content (AvgIpc) is 2.23. The molecule has 0 spiro atoms. The molecule has 2 unspecified atom stereocenters. The van der Waals surface area contributed by atoms with Crippen molar-refractivity contribution in [2.45, 2.75) is 18.6 Å². The van der Waals surface area contributed by atoms with Gasteiger partial charge in [0.05, 0.1) is 12.0 Å². The molecule has 18 heavy (non-hydrogen) atoms. The fraction of sp³-hybridized carbons (Fsp3) is 0.400. The monoisotopic (exact) mass is 348 g/mol. The summed E-state index contributed by atoms with van der Waals surface area (Å²) in [4.78, 5) is 0. The van der Waals surface area contributed by atoms with Crippen LogP contribution in [0, 0.1) is 0 Å². The van der Waals surface area contributed by atoms with Gasteiger partial charge < -0.3 is 14.9 Å². The second kappa shape index (κ2) is 6.10. The fourth-order valence-corrected chi connectivity index (χ4v) is 1.91. The zero-order valence-corrected chi connectivity index (χ0v) is 11.1. The molecule has 0 aliphatic rings. The van der Waals surface area contributed by atoms with Crippen molar-refractivity contribution in [3.05, 3.63) is 28.2 Å². The number of aliphatic hydroxyl groups excluding tert-OH is 2. The molecule has 0 saturated carbocycles. The van der Waals surface area contributed by atoms with Crippen LogP contribution in [0.4, 0.5) is 13.2 Å². The van der Waals surface area contributed by atoms with Crippen LogP contribution in [-0.2, 0) is 0 Å². The summed E-state index contributed by atoms with van der Waals surface area (Å²) in [5.41, 5.74) is 0.0665.